The Morgan fingerprint density at radius 3 is 2.67 bits per heavy atom. The minimum Gasteiger partial charge on any atom is -0.505 e. The largest absolute Gasteiger partial charge is 0.505 e. The van der Waals surface area contributed by atoms with Gasteiger partial charge in [0.2, 0.25) is 0 Å². The summed E-state index contributed by atoms with van der Waals surface area (Å²) in [6.07, 6.45) is 4.28. The lowest BCUT2D eigenvalue weighted by atomic mass is 10.0. The third-order valence-electron chi connectivity index (χ3n) is 3.55. The third-order valence-corrected chi connectivity index (χ3v) is 3.55. The molecule has 4 nitrogen and oxygen atoms in total. The van der Waals surface area contributed by atoms with Crippen LogP contribution in [0.2, 0.25) is 0 Å². The number of benzene rings is 1. The summed E-state index contributed by atoms with van der Waals surface area (Å²) in [6, 6.07) is 13.5. The Balaban J connectivity index is 1.99. The van der Waals surface area contributed by atoms with Gasteiger partial charge in [-0.05, 0) is 24.6 Å². The van der Waals surface area contributed by atoms with Crippen LogP contribution in [0.5, 0.6) is 5.75 Å². The summed E-state index contributed by atoms with van der Waals surface area (Å²) in [6.45, 7) is 2.07. The molecular weight excluding hydrogens is 262 g/mol. The Kier molecular flexibility index (Phi) is 3.69. The van der Waals surface area contributed by atoms with Crippen molar-refractivity contribution in [1.82, 2.24) is 9.97 Å². The summed E-state index contributed by atoms with van der Waals surface area (Å²) in [4.78, 5) is 8.55. The highest BCUT2D eigenvalue weighted by Gasteiger charge is 2.16. The quantitative estimate of drug-likeness (QED) is 0.760. The number of hydrogen-bond acceptors (Lipinski definition) is 4. The Morgan fingerprint density at radius 2 is 1.90 bits per heavy atom. The van der Waals surface area contributed by atoms with Crippen molar-refractivity contribution >= 4 is 16.7 Å². The highest BCUT2D eigenvalue weighted by molar-refractivity contribution is 5.85. The molecule has 0 radical (unpaired) electrons. The first-order valence-corrected chi connectivity index (χ1v) is 7.03. The van der Waals surface area contributed by atoms with Crippen LogP contribution in [-0.2, 0) is 0 Å². The van der Waals surface area contributed by atoms with Crippen LogP contribution in [0.4, 0.5) is 5.82 Å². The van der Waals surface area contributed by atoms with E-state index in [2.05, 4.69) is 22.2 Å². The number of aromatic nitrogens is 2. The van der Waals surface area contributed by atoms with Crippen LogP contribution in [0.3, 0.4) is 0 Å². The maximum Gasteiger partial charge on any atom is 0.147 e. The van der Waals surface area contributed by atoms with Crippen molar-refractivity contribution in [2.24, 2.45) is 0 Å². The average Bonchev–Trinajstić information content (AvgIpc) is 2.55. The van der Waals surface area contributed by atoms with Crippen molar-refractivity contribution in [2.45, 2.75) is 19.4 Å². The van der Waals surface area contributed by atoms with E-state index in [1.165, 1.54) is 0 Å². The molecule has 0 saturated heterocycles. The Bertz CT molecular complexity index is 743. The summed E-state index contributed by atoms with van der Waals surface area (Å²) >= 11 is 0. The van der Waals surface area contributed by atoms with Gasteiger partial charge in [-0.25, -0.2) is 4.98 Å². The van der Waals surface area contributed by atoms with Gasteiger partial charge in [0, 0.05) is 23.3 Å². The molecule has 0 spiro atoms. The van der Waals surface area contributed by atoms with Gasteiger partial charge >= 0.3 is 0 Å². The molecule has 4 heteroatoms. The number of rotatable bonds is 4. The first-order valence-electron chi connectivity index (χ1n) is 7.03. The molecule has 21 heavy (non-hydrogen) atoms. The zero-order valence-electron chi connectivity index (χ0n) is 11.8. The maximum absolute atomic E-state index is 10.5. The highest BCUT2D eigenvalue weighted by Crippen LogP contribution is 2.33. The topological polar surface area (TPSA) is 58.0 Å². The molecule has 1 atom stereocenters. The molecule has 0 fully saturated rings. The number of phenols is 1. The zero-order chi connectivity index (χ0) is 14.7. The Labute approximate surface area is 123 Å². The minimum atomic E-state index is -0.00805. The summed E-state index contributed by atoms with van der Waals surface area (Å²) in [7, 11) is 0. The van der Waals surface area contributed by atoms with Gasteiger partial charge in [0.1, 0.15) is 17.1 Å². The highest BCUT2D eigenvalue weighted by atomic mass is 16.3. The smallest absolute Gasteiger partial charge is 0.147 e. The second kappa shape index (κ2) is 5.79. The molecule has 0 amide bonds. The first kappa shape index (κ1) is 13.4. The first-order chi connectivity index (χ1) is 10.3. The van der Waals surface area contributed by atoms with Crippen molar-refractivity contribution in [1.29, 1.82) is 0 Å². The number of aromatic hydroxyl groups is 1. The van der Waals surface area contributed by atoms with Crippen LogP contribution >= 0.6 is 0 Å². The fraction of sp³-hybridized carbons (Fsp3) is 0.176. The van der Waals surface area contributed by atoms with Gasteiger partial charge in [0.25, 0.3) is 0 Å². The lowest BCUT2D eigenvalue weighted by Gasteiger charge is -2.19. The number of nitrogens with one attached hydrogen (secondary N) is 1. The SMILES string of the molecule is CCC(Nc1ccccn1)c1ccc2cccnc2c1O. The molecule has 3 aromatic rings. The predicted octanol–water partition coefficient (Wildman–Crippen LogP) is 3.90. The molecule has 0 aliphatic heterocycles. The maximum atomic E-state index is 10.5. The van der Waals surface area contributed by atoms with Gasteiger partial charge in [-0.15, -0.1) is 0 Å². The molecule has 2 N–H and O–H groups in total. The summed E-state index contributed by atoms with van der Waals surface area (Å²) < 4.78 is 0. The predicted molar refractivity (Wildman–Crippen MR) is 84.3 cm³/mol. The lowest BCUT2D eigenvalue weighted by Crippen LogP contribution is -2.11. The standard InChI is InChI=1S/C17H17N3O/c1-2-14(20-15-7-3-4-10-18-15)13-9-8-12-6-5-11-19-16(12)17(13)21/h3-11,14,21H,2H2,1H3,(H,18,20). The summed E-state index contributed by atoms with van der Waals surface area (Å²) in [5.41, 5.74) is 1.48. The molecule has 0 saturated carbocycles. The molecule has 2 aromatic heterocycles. The molecule has 0 aliphatic carbocycles. The number of hydrogen-bond donors (Lipinski definition) is 2. The Morgan fingerprint density at radius 1 is 1.05 bits per heavy atom. The third kappa shape index (κ3) is 2.65. The van der Waals surface area contributed by atoms with E-state index in [0.717, 1.165) is 23.2 Å². The molecule has 3 rings (SSSR count). The summed E-state index contributed by atoms with van der Waals surface area (Å²) in [5.74, 6) is 1.04. The second-order valence-electron chi connectivity index (χ2n) is 4.90. The number of pyridine rings is 2. The van der Waals surface area contributed by atoms with E-state index < -0.39 is 0 Å². The van der Waals surface area contributed by atoms with Gasteiger partial charge in [0.15, 0.2) is 0 Å². The molecule has 2 heterocycles. The number of phenolic OH excluding ortho intramolecular Hbond substituents is 1. The number of anilines is 1. The fourth-order valence-electron chi connectivity index (χ4n) is 2.45. The number of fused-ring (bicyclic) bond motifs is 1. The van der Waals surface area contributed by atoms with E-state index in [9.17, 15) is 5.11 Å². The molecule has 1 unspecified atom stereocenters. The Hall–Kier alpha value is -2.62. The van der Waals surface area contributed by atoms with Crippen LogP contribution in [0.1, 0.15) is 24.9 Å². The number of nitrogens with zero attached hydrogens (tertiary/aromatic N) is 2. The molecule has 106 valence electrons. The van der Waals surface area contributed by atoms with Crippen molar-refractivity contribution in [2.75, 3.05) is 5.32 Å². The molecular formula is C17H17N3O. The van der Waals surface area contributed by atoms with E-state index >= 15 is 0 Å². The van der Waals surface area contributed by atoms with Crippen LogP contribution in [0.25, 0.3) is 10.9 Å². The summed E-state index contributed by atoms with van der Waals surface area (Å²) in [5, 5.41) is 14.8. The van der Waals surface area contributed by atoms with E-state index in [-0.39, 0.29) is 11.8 Å². The lowest BCUT2D eigenvalue weighted by molar-refractivity contribution is 0.468. The van der Waals surface area contributed by atoms with E-state index in [1.54, 1.807) is 12.4 Å². The zero-order valence-corrected chi connectivity index (χ0v) is 11.8. The molecule has 0 bridgehead atoms. The van der Waals surface area contributed by atoms with Gasteiger partial charge in [-0.1, -0.05) is 31.2 Å². The van der Waals surface area contributed by atoms with Crippen LogP contribution in [-0.4, -0.2) is 15.1 Å². The van der Waals surface area contributed by atoms with Crippen LogP contribution in [0.15, 0.2) is 54.9 Å². The minimum absolute atomic E-state index is 0.00805. The van der Waals surface area contributed by atoms with Crippen molar-refractivity contribution < 1.29 is 5.11 Å². The average molecular weight is 279 g/mol. The monoisotopic (exact) mass is 279 g/mol. The van der Waals surface area contributed by atoms with Crippen molar-refractivity contribution in [3.63, 3.8) is 0 Å². The van der Waals surface area contributed by atoms with Crippen LogP contribution < -0.4 is 5.32 Å². The van der Waals surface area contributed by atoms with Crippen molar-refractivity contribution in [3.8, 4) is 5.75 Å². The fourth-order valence-corrected chi connectivity index (χ4v) is 2.45. The molecule has 0 aliphatic rings. The second-order valence-corrected chi connectivity index (χ2v) is 4.90. The van der Waals surface area contributed by atoms with Crippen LogP contribution in [0, 0.1) is 0 Å². The molecule has 1 aromatic carbocycles. The van der Waals surface area contributed by atoms with E-state index in [4.69, 9.17) is 0 Å². The van der Waals surface area contributed by atoms with E-state index in [0.29, 0.717) is 5.52 Å². The van der Waals surface area contributed by atoms with Gasteiger partial charge in [-0.3, -0.25) is 4.98 Å². The van der Waals surface area contributed by atoms with Gasteiger partial charge in [-0.2, -0.15) is 0 Å². The van der Waals surface area contributed by atoms with Gasteiger partial charge < -0.3 is 10.4 Å². The normalized spacial score (nSPS) is 12.2. The van der Waals surface area contributed by atoms with Gasteiger partial charge in [0.05, 0.1) is 6.04 Å². The van der Waals surface area contributed by atoms with Crippen molar-refractivity contribution in [3.05, 3.63) is 60.4 Å². The van der Waals surface area contributed by atoms with E-state index in [1.807, 2.05) is 42.5 Å².